The molecule has 3 N–H and O–H groups in total. The fourth-order valence-electron chi connectivity index (χ4n) is 1.98. The summed E-state index contributed by atoms with van der Waals surface area (Å²) in [5, 5.41) is 0.741. The Labute approximate surface area is 108 Å². The normalized spacial score (nSPS) is 14.6. The Bertz CT molecular complexity index is 357. The van der Waals surface area contributed by atoms with E-state index in [0.29, 0.717) is 5.92 Å². The van der Waals surface area contributed by atoms with Crippen molar-refractivity contribution in [2.75, 3.05) is 13.7 Å². The van der Waals surface area contributed by atoms with E-state index in [1.807, 2.05) is 18.2 Å². The van der Waals surface area contributed by atoms with Crippen molar-refractivity contribution in [1.29, 1.82) is 0 Å². The number of hydrogen-bond acceptors (Lipinski definition) is 3. The molecule has 1 rings (SSSR count). The number of halogens is 1. The summed E-state index contributed by atoms with van der Waals surface area (Å²) in [6, 6.07) is 5.99. The van der Waals surface area contributed by atoms with Crippen LogP contribution in [0.4, 0.5) is 0 Å². The minimum absolute atomic E-state index is 0.101. The highest BCUT2D eigenvalue weighted by atomic mass is 35.5. The van der Waals surface area contributed by atoms with Gasteiger partial charge in [-0.25, -0.2) is 0 Å². The lowest BCUT2D eigenvalue weighted by atomic mass is 9.90. The highest BCUT2D eigenvalue weighted by Crippen LogP contribution is 2.28. The summed E-state index contributed by atoms with van der Waals surface area (Å²) < 4.78 is 5.10. The minimum Gasteiger partial charge on any atom is -0.385 e. The van der Waals surface area contributed by atoms with Crippen LogP contribution >= 0.6 is 11.6 Å². The van der Waals surface area contributed by atoms with Crippen molar-refractivity contribution in [1.82, 2.24) is 5.43 Å². The van der Waals surface area contributed by atoms with E-state index in [9.17, 15) is 0 Å². The molecule has 2 unspecified atom stereocenters. The van der Waals surface area contributed by atoms with E-state index in [2.05, 4.69) is 19.3 Å². The zero-order valence-corrected chi connectivity index (χ0v) is 11.4. The Morgan fingerprint density at radius 3 is 2.76 bits per heavy atom. The van der Waals surface area contributed by atoms with Crippen LogP contribution in [0, 0.1) is 12.8 Å². The van der Waals surface area contributed by atoms with Gasteiger partial charge in [0, 0.05) is 24.8 Å². The number of rotatable bonds is 6. The van der Waals surface area contributed by atoms with Gasteiger partial charge in [0.2, 0.25) is 0 Å². The molecule has 0 radical (unpaired) electrons. The molecule has 0 aliphatic carbocycles. The molecule has 4 heteroatoms. The summed E-state index contributed by atoms with van der Waals surface area (Å²) >= 11 is 6.03. The first-order valence-electron chi connectivity index (χ1n) is 5.81. The quantitative estimate of drug-likeness (QED) is 0.608. The third-order valence-electron chi connectivity index (χ3n) is 3.10. The first-order chi connectivity index (χ1) is 8.10. The largest absolute Gasteiger partial charge is 0.385 e. The van der Waals surface area contributed by atoms with Gasteiger partial charge in [-0.3, -0.25) is 11.3 Å². The SMILES string of the molecule is COCCC(C)C(NN)c1cc(Cl)ccc1C. The van der Waals surface area contributed by atoms with E-state index in [1.165, 1.54) is 5.56 Å². The van der Waals surface area contributed by atoms with Crippen LogP contribution in [0.3, 0.4) is 0 Å². The average Bonchev–Trinajstić information content (AvgIpc) is 2.32. The molecule has 0 fully saturated rings. The summed E-state index contributed by atoms with van der Waals surface area (Å²) in [5.74, 6) is 6.05. The second kappa shape index (κ2) is 6.97. The third-order valence-corrected chi connectivity index (χ3v) is 3.34. The number of methoxy groups -OCH3 is 1. The Hall–Kier alpha value is -0.610. The molecule has 3 nitrogen and oxygen atoms in total. The fourth-order valence-corrected chi connectivity index (χ4v) is 2.16. The maximum atomic E-state index is 6.03. The van der Waals surface area contributed by atoms with Crippen LogP contribution < -0.4 is 11.3 Å². The maximum Gasteiger partial charge on any atom is 0.0489 e. The molecule has 96 valence electrons. The summed E-state index contributed by atoms with van der Waals surface area (Å²) in [6.45, 7) is 4.96. The van der Waals surface area contributed by atoms with Crippen molar-refractivity contribution >= 4 is 11.6 Å². The third kappa shape index (κ3) is 3.96. The fraction of sp³-hybridized carbons (Fsp3) is 0.538. The highest BCUT2D eigenvalue weighted by Gasteiger charge is 2.19. The van der Waals surface area contributed by atoms with Gasteiger partial charge in [0.15, 0.2) is 0 Å². The van der Waals surface area contributed by atoms with Gasteiger partial charge in [0.1, 0.15) is 0 Å². The Morgan fingerprint density at radius 1 is 1.47 bits per heavy atom. The summed E-state index contributed by atoms with van der Waals surface area (Å²) in [5.41, 5.74) is 5.23. The number of aryl methyl sites for hydroxylation is 1. The first kappa shape index (κ1) is 14.5. The lowest BCUT2D eigenvalue weighted by Gasteiger charge is -2.25. The standard InChI is InChI=1S/C13H21ClN2O/c1-9-4-5-11(14)8-12(9)13(16-15)10(2)6-7-17-3/h4-5,8,10,13,16H,6-7,15H2,1-3H3. The molecule has 0 heterocycles. The van der Waals surface area contributed by atoms with Crippen LogP contribution in [-0.4, -0.2) is 13.7 Å². The van der Waals surface area contributed by atoms with E-state index in [0.717, 1.165) is 23.6 Å². The molecular weight excluding hydrogens is 236 g/mol. The predicted octanol–water partition coefficient (Wildman–Crippen LogP) is 2.83. The first-order valence-corrected chi connectivity index (χ1v) is 6.19. The Morgan fingerprint density at radius 2 is 2.18 bits per heavy atom. The maximum absolute atomic E-state index is 6.03. The smallest absolute Gasteiger partial charge is 0.0489 e. The van der Waals surface area contributed by atoms with Crippen molar-refractivity contribution < 1.29 is 4.74 Å². The topological polar surface area (TPSA) is 47.3 Å². The molecule has 0 spiro atoms. The minimum atomic E-state index is 0.101. The number of ether oxygens (including phenoxy) is 1. The number of hydrazine groups is 1. The van der Waals surface area contributed by atoms with Gasteiger partial charge >= 0.3 is 0 Å². The second-order valence-electron chi connectivity index (χ2n) is 4.40. The summed E-state index contributed by atoms with van der Waals surface area (Å²) in [6.07, 6.45) is 0.956. The molecule has 1 aromatic rings. The monoisotopic (exact) mass is 256 g/mol. The van der Waals surface area contributed by atoms with Gasteiger partial charge in [-0.2, -0.15) is 0 Å². The summed E-state index contributed by atoms with van der Waals surface area (Å²) in [7, 11) is 1.71. The molecular formula is C13H21ClN2O. The van der Waals surface area contributed by atoms with Gasteiger partial charge in [-0.05, 0) is 42.5 Å². The van der Waals surface area contributed by atoms with Crippen molar-refractivity contribution in [3.63, 3.8) is 0 Å². The van der Waals surface area contributed by atoms with Crippen molar-refractivity contribution in [2.45, 2.75) is 26.3 Å². The Balaban J connectivity index is 2.88. The number of nitrogens with one attached hydrogen (secondary N) is 1. The predicted molar refractivity (Wildman–Crippen MR) is 71.9 cm³/mol. The van der Waals surface area contributed by atoms with E-state index in [-0.39, 0.29) is 6.04 Å². The summed E-state index contributed by atoms with van der Waals surface area (Å²) in [4.78, 5) is 0. The van der Waals surface area contributed by atoms with E-state index in [1.54, 1.807) is 7.11 Å². The molecule has 2 atom stereocenters. The molecule has 0 saturated carbocycles. The number of hydrogen-bond donors (Lipinski definition) is 2. The van der Waals surface area contributed by atoms with Gasteiger partial charge in [-0.1, -0.05) is 24.6 Å². The molecule has 0 saturated heterocycles. The van der Waals surface area contributed by atoms with Gasteiger partial charge in [0.25, 0.3) is 0 Å². The molecule has 1 aromatic carbocycles. The lowest BCUT2D eigenvalue weighted by Crippen LogP contribution is -2.33. The molecule has 0 bridgehead atoms. The second-order valence-corrected chi connectivity index (χ2v) is 4.84. The van der Waals surface area contributed by atoms with Crippen molar-refractivity contribution in [2.24, 2.45) is 11.8 Å². The lowest BCUT2D eigenvalue weighted by molar-refractivity contribution is 0.170. The molecule has 0 aliphatic heterocycles. The van der Waals surface area contributed by atoms with Crippen LogP contribution in [0.25, 0.3) is 0 Å². The van der Waals surface area contributed by atoms with Crippen LogP contribution in [0.1, 0.15) is 30.5 Å². The molecule has 0 aliphatic rings. The van der Waals surface area contributed by atoms with Crippen molar-refractivity contribution in [3.05, 3.63) is 34.3 Å². The van der Waals surface area contributed by atoms with Crippen molar-refractivity contribution in [3.8, 4) is 0 Å². The zero-order valence-electron chi connectivity index (χ0n) is 10.7. The van der Waals surface area contributed by atoms with E-state index < -0.39 is 0 Å². The van der Waals surface area contributed by atoms with Gasteiger partial charge < -0.3 is 4.74 Å². The van der Waals surface area contributed by atoms with Crippen LogP contribution in [0.5, 0.6) is 0 Å². The molecule has 0 amide bonds. The number of nitrogens with two attached hydrogens (primary N) is 1. The van der Waals surface area contributed by atoms with Gasteiger partial charge in [-0.15, -0.1) is 0 Å². The zero-order chi connectivity index (χ0) is 12.8. The van der Waals surface area contributed by atoms with Gasteiger partial charge in [0.05, 0.1) is 0 Å². The average molecular weight is 257 g/mol. The highest BCUT2D eigenvalue weighted by molar-refractivity contribution is 6.30. The van der Waals surface area contributed by atoms with Crippen LogP contribution in [0.15, 0.2) is 18.2 Å². The molecule has 0 aromatic heterocycles. The van der Waals surface area contributed by atoms with E-state index >= 15 is 0 Å². The van der Waals surface area contributed by atoms with E-state index in [4.69, 9.17) is 22.2 Å². The molecule has 17 heavy (non-hydrogen) atoms. The van der Waals surface area contributed by atoms with Crippen LogP contribution in [-0.2, 0) is 4.74 Å². The Kier molecular flexibility index (Phi) is 5.92. The van der Waals surface area contributed by atoms with Crippen LogP contribution in [0.2, 0.25) is 5.02 Å². The number of benzene rings is 1.